The normalized spacial score (nSPS) is 10.2. The number of ether oxygens (including phenoxy) is 1. The van der Waals surface area contributed by atoms with Crippen molar-refractivity contribution >= 4 is 11.8 Å². The van der Waals surface area contributed by atoms with Crippen LogP contribution in [-0.4, -0.2) is 21.0 Å². The summed E-state index contributed by atoms with van der Waals surface area (Å²) in [5.41, 5.74) is 1.76. The predicted octanol–water partition coefficient (Wildman–Crippen LogP) is 1.66. The molecule has 0 fully saturated rings. The number of benzene rings is 1. The number of carbonyl (C=O) groups excluding carboxylic acids is 1. The lowest BCUT2D eigenvalue weighted by molar-refractivity contribution is 0.155. The zero-order valence-electron chi connectivity index (χ0n) is 10.5. The molecule has 1 amide bonds. The summed E-state index contributed by atoms with van der Waals surface area (Å²) in [4.78, 5) is 11.6. The summed E-state index contributed by atoms with van der Waals surface area (Å²) in [7, 11) is 1.71. The molecule has 0 radical (unpaired) electrons. The van der Waals surface area contributed by atoms with Gasteiger partial charge in [-0.25, -0.2) is 4.79 Å². The van der Waals surface area contributed by atoms with Crippen molar-refractivity contribution in [1.29, 1.82) is 0 Å². The van der Waals surface area contributed by atoms with Gasteiger partial charge in [0.05, 0.1) is 12.3 Å². The maximum absolute atomic E-state index is 11.6. The summed E-state index contributed by atoms with van der Waals surface area (Å²) in [5, 5.41) is 15.6. The van der Waals surface area contributed by atoms with Crippen molar-refractivity contribution in [2.45, 2.75) is 13.2 Å². The Morgan fingerprint density at radius 1 is 1.42 bits per heavy atom. The minimum atomic E-state index is -0.577. The van der Waals surface area contributed by atoms with E-state index in [0.29, 0.717) is 11.4 Å². The van der Waals surface area contributed by atoms with Crippen LogP contribution in [0, 0.1) is 0 Å². The fourth-order valence-electron chi connectivity index (χ4n) is 1.62. The first-order valence-corrected chi connectivity index (χ1v) is 5.80. The maximum atomic E-state index is 11.6. The third kappa shape index (κ3) is 3.56. The number of hydrogen-bond acceptors (Lipinski definition) is 4. The highest BCUT2D eigenvalue weighted by Gasteiger charge is 2.10. The molecule has 2 N–H and O–H groups in total. The minimum Gasteiger partial charge on any atom is -0.444 e. The van der Waals surface area contributed by atoms with Crippen molar-refractivity contribution < 1.29 is 14.6 Å². The van der Waals surface area contributed by atoms with Crippen LogP contribution in [0.25, 0.3) is 0 Å². The third-order valence-electron chi connectivity index (χ3n) is 2.50. The van der Waals surface area contributed by atoms with Crippen molar-refractivity contribution in [2.75, 3.05) is 5.32 Å². The van der Waals surface area contributed by atoms with Gasteiger partial charge in [-0.2, -0.15) is 5.10 Å². The smallest absolute Gasteiger partial charge is 0.412 e. The van der Waals surface area contributed by atoms with Crippen LogP contribution in [0.3, 0.4) is 0 Å². The van der Waals surface area contributed by atoms with E-state index in [0.717, 1.165) is 5.56 Å². The number of hydrogen-bond donors (Lipinski definition) is 2. The maximum Gasteiger partial charge on any atom is 0.412 e. The van der Waals surface area contributed by atoms with E-state index in [1.54, 1.807) is 13.2 Å². The summed E-state index contributed by atoms with van der Waals surface area (Å²) < 4.78 is 6.58. The zero-order valence-corrected chi connectivity index (χ0v) is 10.5. The third-order valence-corrected chi connectivity index (χ3v) is 2.50. The molecule has 0 saturated carbocycles. The monoisotopic (exact) mass is 261 g/mol. The summed E-state index contributed by atoms with van der Waals surface area (Å²) in [6, 6.07) is 9.39. The lowest BCUT2D eigenvalue weighted by Gasteiger charge is -2.06. The number of aryl methyl sites for hydroxylation is 1. The van der Waals surface area contributed by atoms with Crippen molar-refractivity contribution in [3.8, 4) is 0 Å². The number of carbonyl (C=O) groups is 1. The molecule has 2 aromatic rings. The predicted molar refractivity (Wildman–Crippen MR) is 69.4 cm³/mol. The molecule has 100 valence electrons. The van der Waals surface area contributed by atoms with Gasteiger partial charge in [-0.1, -0.05) is 30.3 Å². The van der Waals surface area contributed by atoms with E-state index in [4.69, 9.17) is 9.84 Å². The number of amides is 1. The number of nitrogens with zero attached hydrogens (tertiary/aromatic N) is 2. The van der Waals surface area contributed by atoms with E-state index < -0.39 is 6.09 Å². The highest BCUT2D eigenvalue weighted by Crippen LogP contribution is 2.13. The van der Waals surface area contributed by atoms with Gasteiger partial charge in [0.15, 0.2) is 0 Å². The molecule has 1 aromatic heterocycles. The van der Waals surface area contributed by atoms with E-state index >= 15 is 0 Å². The Balaban J connectivity index is 1.91. The van der Waals surface area contributed by atoms with Gasteiger partial charge in [0.2, 0.25) is 0 Å². The van der Waals surface area contributed by atoms with Gasteiger partial charge in [-0.3, -0.25) is 10.00 Å². The van der Waals surface area contributed by atoms with Crippen LogP contribution in [0.5, 0.6) is 0 Å². The molecule has 6 nitrogen and oxygen atoms in total. The van der Waals surface area contributed by atoms with Gasteiger partial charge < -0.3 is 9.84 Å². The molecule has 19 heavy (non-hydrogen) atoms. The SMILES string of the molecule is Cn1cc(NC(=O)OCc2ccccc2)c(CO)n1. The highest BCUT2D eigenvalue weighted by atomic mass is 16.5. The Morgan fingerprint density at radius 2 is 2.16 bits per heavy atom. The lowest BCUT2D eigenvalue weighted by atomic mass is 10.2. The van der Waals surface area contributed by atoms with Crippen LogP contribution in [0.2, 0.25) is 0 Å². The standard InChI is InChI=1S/C13H15N3O3/c1-16-7-11(12(8-17)15-16)14-13(18)19-9-10-5-3-2-4-6-10/h2-7,17H,8-9H2,1H3,(H,14,18). The van der Waals surface area contributed by atoms with Gasteiger partial charge in [-0.05, 0) is 5.56 Å². The molecule has 0 aliphatic carbocycles. The summed E-state index contributed by atoms with van der Waals surface area (Å²) in [5.74, 6) is 0. The molecule has 0 atom stereocenters. The van der Waals surface area contributed by atoms with E-state index in [2.05, 4.69) is 10.4 Å². The molecular weight excluding hydrogens is 246 g/mol. The van der Waals surface area contributed by atoms with Crippen LogP contribution < -0.4 is 5.32 Å². The molecule has 1 heterocycles. The summed E-state index contributed by atoms with van der Waals surface area (Å²) >= 11 is 0. The van der Waals surface area contributed by atoms with E-state index in [1.165, 1.54) is 4.68 Å². The molecule has 0 spiro atoms. The molecule has 6 heteroatoms. The second-order valence-electron chi connectivity index (χ2n) is 4.01. The number of anilines is 1. The van der Waals surface area contributed by atoms with Crippen molar-refractivity contribution in [1.82, 2.24) is 9.78 Å². The summed E-state index contributed by atoms with van der Waals surface area (Å²) in [6.45, 7) is -0.0451. The number of aliphatic hydroxyl groups is 1. The van der Waals surface area contributed by atoms with E-state index in [-0.39, 0.29) is 13.2 Å². The number of nitrogens with one attached hydrogen (secondary N) is 1. The van der Waals surface area contributed by atoms with Crippen molar-refractivity contribution in [2.24, 2.45) is 7.05 Å². The minimum absolute atomic E-state index is 0.196. The molecule has 0 aliphatic rings. The average Bonchev–Trinajstić information content (AvgIpc) is 2.77. The first-order valence-electron chi connectivity index (χ1n) is 5.80. The Hall–Kier alpha value is -2.34. The van der Waals surface area contributed by atoms with Crippen LogP contribution in [0.15, 0.2) is 36.5 Å². The Bertz CT molecular complexity index is 552. The highest BCUT2D eigenvalue weighted by molar-refractivity contribution is 5.85. The van der Waals surface area contributed by atoms with Crippen LogP contribution in [0.1, 0.15) is 11.3 Å². The first kappa shape index (κ1) is 13.1. The van der Waals surface area contributed by atoms with Crippen molar-refractivity contribution in [3.63, 3.8) is 0 Å². The van der Waals surface area contributed by atoms with Gasteiger partial charge in [0.1, 0.15) is 12.3 Å². The zero-order chi connectivity index (χ0) is 13.7. The second kappa shape index (κ2) is 6.01. The lowest BCUT2D eigenvalue weighted by Crippen LogP contribution is -2.14. The largest absolute Gasteiger partial charge is 0.444 e. The molecule has 0 aliphatic heterocycles. The number of aromatic nitrogens is 2. The second-order valence-corrected chi connectivity index (χ2v) is 4.01. The van der Waals surface area contributed by atoms with Gasteiger partial charge >= 0.3 is 6.09 Å². The first-order chi connectivity index (χ1) is 9.19. The van der Waals surface area contributed by atoms with Gasteiger partial charge in [-0.15, -0.1) is 0 Å². The molecular formula is C13H15N3O3. The van der Waals surface area contributed by atoms with Crippen molar-refractivity contribution in [3.05, 3.63) is 47.8 Å². The summed E-state index contributed by atoms with van der Waals surface area (Å²) in [6.07, 6.45) is 1.03. The molecule has 0 saturated heterocycles. The van der Waals surface area contributed by atoms with E-state index in [1.807, 2.05) is 30.3 Å². The van der Waals surface area contributed by atoms with Gasteiger partial charge in [0.25, 0.3) is 0 Å². The molecule has 1 aromatic carbocycles. The topological polar surface area (TPSA) is 76.4 Å². The molecule has 0 bridgehead atoms. The van der Waals surface area contributed by atoms with E-state index in [9.17, 15) is 4.79 Å². The molecule has 2 rings (SSSR count). The quantitative estimate of drug-likeness (QED) is 0.877. The van der Waals surface area contributed by atoms with Crippen LogP contribution in [0.4, 0.5) is 10.5 Å². The number of aliphatic hydroxyl groups excluding tert-OH is 1. The molecule has 0 unspecified atom stereocenters. The Labute approximate surface area is 110 Å². The Kier molecular flexibility index (Phi) is 4.15. The van der Waals surface area contributed by atoms with Crippen LogP contribution in [-0.2, 0) is 25.0 Å². The fourth-order valence-corrected chi connectivity index (χ4v) is 1.62. The fraction of sp³-hybridized carbons (Fsp3) is 0.231. The van der Waals surface area contributed by atoms with Gasteiger partial charge in [0, 0.05) is 13.2 Å². The number of rotatable bonds is 4. The Morgan fingerprint density at radius 3 is 2.84 bits per heavy atom. The average molecular weight is 261 g/mol. The van der Waals surface area contributed by atoms with Crippen LogP contribution >= 0.6 is 0 Å².